The lowest BCUT2D eigenvalue weighted by molar-refractivity contribution is 0.266. The molecule has 1 fully saturated rings. The van der Waals surface area contributed by atoms with Gasteiger partial charge in [-0.25, -0.2) is 0 Å². The highest BCUT2D eigenvalue weighted by molar-refractivity contribution is 4.89. The SMILES string of the molecule is CN(C)CC1CCC(CN(C)C)C1N. The van der Waals surface area contributed by atoms with Gasteiger partial charge in [0.05, 0.1) is 0 Å². The predicted octanol–water partition coefficient (Wildman–Crippen LogP) is 0.463. The molecule has 84 valence electrons. The van der Waals surface area contributed by atoms with Crippen LogP contribution in [-0.4, -0.2) is 57.1 Å². The van der Waals surface area contributed by atoms with E-state index < -0.39 is 0 Å². The zero-order valence-corrected chi connectivity index (χ0v) is 10.0. The lowest BCUT2D eigenvalue weighted by Gasteiger charge is -2.25. The maximum absolute atomic E-state index is 6.27. The number of rotatable bonds is 4. The normalized spacial score (nSPS) is 33.2. The molecule has 0 radical (unpaired) electrons. The van der Waals surface area contributed by atoms with Gasteiger partial charge in [0, 0.05) is 19.1 Å². The molecule has 1 saturated carbocycles. The van der Waals surface area contributed by atoms with Gasteiger partial charge >= 0.3 is 0 Å². The minimum atomic E-state index is 0.403. The van der Waals surface area contributed by atoms with Gasteiger partial charge in [0.25, 0.3) is 0 Å². The Morgan fingerprint density at radius 3 is 1.57 bits per heavy atom. The summed E-state index contributed by atoms with van der Waals surface area (Å²) in [6.07, 6.45) is 2.61. The van der Waals surface area contributed by atoms with Gasteiger partial charge in [-0.1, -0.05) is 0 Å². The fourth-order valence-electron chi connectivity index (χ4n) is 2.56. The van der Waals surface area contributed by atoms with Crippen LogP contribution < -0.4 is 5.73 Å². The van der Waals surface area contributed by atoms with E-state index in [2.05, 4.69) is 38.0 Å². The van der Waals surface area contributed by atoms with Crippen molar-refractivity contribution in [2.75, 3.05) is 41.3 Å². The molecule has 0 spiro atoms. The highest BCUT2D eigenvalue weighted by Crippen LogP contribution is 2.30. The molecule has 3 heteroatoms. The molecule has 0 aromatic heterocycles. The van der Waals surface area contributed by atoms with Gasteiger partial charge in [-0.3, -0.25) is 0 Å². The van der Waals surface area contributed by atoms with E-state index in [0.29, 0.717) is 17.9 Å². The molecule has 1 aliphatic rings. The van der Waals surface area contributed by atoms with Crippen molar-refractivity contribution in [2.45, 2.75) is 18.9 Å². The maximum atomic E-state index is 6.27. The molecule has 1 rings (SSSR count). The Labute approximate surface area is 88.2 Å². The number of hydrogen-bond donors (Lipinski definition) is 1. The molecular formula is C11H25N3. The molecule has 1 aliphatic carbocycles. The highest BCUT2D eigenvalue weighted by Gasteiger charge is 2.33. The largest absolute Gasteiger partial charge is 0.327 e. The highest BCUT2D eigenvalue weighted by atomic mass is 15.1. The van der Waals surface area contributed by atoms with Gasteiger partial charge in [-0.05, 0) is 52.9 Å². The number of nitrogens with two attached hydrogens (primary N) is 1. The summed E-state index contributed by atoms with van der Waals surface area (Å²) in [5.74, 6) is 1.41. The van der Waals surface area contributed by atoms with Gasteiger partial charge in [0.15, 0.2) is 0 Å². The van der Waals surface area contributed by atoms with E-state index in [9.17, 15) is 0 Å². The van der Waals surface area contributed by atoms with Gasteiger partial charge < -0.3 is 15.5 Å². The van der Waals surface area contributed by atoms with E-state index in [-0.39, 0.29) is 0 Å². The fourth-order valence-corrected chi connectivity index (χ4v) is 2.56. The van der Waals surface area contributed by atoms with E-state index in [0.717, 1.165) is 13.1 Å². The van der Waals surface area contributed by atoms with Crippen molar-refractivity contribution < 1.29 is 0 Å². The second kappa shape index (κ2) is 5.10. The second-order valence-electron chi connectivity index (χ2n) is 5.20. The van der Waals surface area contributed by atoms with E-state index in [1.807, 2.05) is 0 Å². The molecule has 0 aromatic rings. The Bertz CT molecular complexity index is 150. The van der Waals surface area contributed by atoms with Crippen LogP contribution in [0.2, 0.25) is 0 Å². The number of hydrogen-bond acceptors (Lipinski definition) is 3. The summed E-state index contributed by atoms with van der Waals surface area (Å²) in [6, 6.07) is 0.403. The molecule has 2 atom stereocenters. The van der Waals surface area contributed by atoms with Crippen LogP contribution in [0.15, 0.2) is 0 Å². The van der Waals surface area contributed by atoms with Gasteiger partial charge in [-0.2, -0.15) is 0 Å². The van der Waals surface area contributed by atoms with Crippen molar-refractivity contribution in [1.82, 2.24) is 9.80 Å². The average molecular weight is 199 g/mol. The molecule has 3 nitrogen and oxygen atoms in total. The smallest absolute Gasteiger partial charge is 0.0120 e. The third kappa shape index (κ3) is 3.23. The lowest BCUT2D eigenvalue weighted by atomic mass is 9.98. The fraction of sp³-hybridized carbons (Fsp3) is 1.00. The quantitative estimate of drug-likeness (QED) is 0.714. The lowest BCUT2D eigenvalue weighted by Crippen LogP contribution is -2.40. The molecular weight excluding hydrogens is 174 g/mol. The van der Waals surface area contributed by atoms with E-state index in [1.54, 1.807) is 0 Å². The molecule has 0 heterocycles. The van der Waals surface area contributed by atoms with Crippen LogP contribution in [0.5, 0.6) is 0 Å². The summed E-state index contributed by atoms with van der Waals surface area (Å²) in [6.45, 7) is 2.29. The van der Waals surface area contributed by atoms with E-state index >= 15 is 0 Å². The molecule has 0 saturated heterocycles. The van der Waals surface area contributed by atoms with Crippen molar-refractivity contribution in [3.05, 3.63) is 0 Å². The zero-order chi connectivity index (χ0) is 10.7. The molecule has 2 N–H and O–H groups in total. The molecule has 0 aromatic carbocycles. The summed E-state index contributed by atoms with van der Waals surface area (Å²) in [5.41, 5.74) is 6.27. The zero-order valence-electron chi connectivity index (χ0n) is 10.0. The molecule has 14 heavy (non-hydrogen) atoms. The summed E-state index contributed by atoms with van der Waals surface area (Å²) in [4.78, 5) is 4.51. The maximum Gasteiger partial charge on any atom is 0.0120 e. The van der Waals surface area contributed by atoms with Crippen LogP contribution in [0.3, 0.4) is 0 Å². The van der Waals surface area contributed by atoms with Crippen molar-refractivity contribution in [1.29, 1.82) is 0 Å². The Hall–Kier alpha value is -0.120. The number of nitrogens with zero attached hydrogens (tertiary/aromatic N) is 2. The first-order valence-electron chi connectivity index (χ1n) is 5.55. The average Bonchev–Trinajstić information content (AvgIpc) is 2.34. The Balaban J connectivity index is 2.38. The Kier molecular flexibility index (Phi) is 4.35. The van der Waals surface area contributed by atoms with Crippen LogP contribution in [0.1, 0.15) is 12.8 Å². The summed E-state index contributed by atoms with van der Waals surface area (Å²) >= 11 is 0. The van der Waals surface area contributed by atoms with Crippen LogP contribution in [0.25, 0.3) is 0 Å². The van der Waals surface area contributed by atoms with E-state index in [4.69, 9.17) is 5.73 Å². The summed E-state index contributed by atoms with van der Waals surface area (Å²) in [7, 11) is 8.52. The van der Waals surface area contributed by atoms with Crippen LogP contribution >= 0.6 is 0 Å². The second-order valence-corrected chi connectivity index (χ2v) is 5.20. The molecule has 2 unspecified atom stereocenters. The van der Waals surface area contributed by atoms with Crippen LogP contribution in [-0.2, 0) is 0 Å². The van der Waals surface area contributed by atoms with Crippen LogP contribution in [0.4, 0.5) is 0 Å². The summed E-state index contributed by atoms with van der Waals surface area (Å²) in [5, 5.41) is 0. The first-order chi connectivity index (χ1) is 6.50. The van der Waals surface area contributed by atoms with E-state index in [1.165, 1.54) is 12.8 Å². The van der Waals surface area contributed by atoms with Gasteiger partial charge in [0.1, 0.15) is 0 Å². The topological polar surface area (TPSA) is 32.5 Å². The molecule has 0 aliphatic heterocycles. The summed E-state index contributed by atoms with van der Waals surface area (Å²) < 4.78 is 0. The third-order valence-electron chi connectivity index (χ3n) is 3.20. The minimum absolute atomic E-state index is 0.403. The predicted molar refractivity (Wildman–Crippen MR) is 61.3 cm³/mol. The van der Waals surface area contributed by atoms with Crippen molar-refractivity contribution in [3.8, 4) is 0 Å². The third-order valence-corrected chi connectivity index (χ3v) is 3.20. The molecule has 0 amide bonds. The first kappa shape index (κ1) is 12.0. The van der Waals surface area contributed by atoms with Crippen molar-refractivity contribution in [2.24, 2.45) is 17.6 Å². The van der Waals surface area contributed by atoms with Gasteiger partial charge in [0.2, 0.25) is 0 Å². The van der Waals surface area contributed by atoms with Crippen molar-refractivity contribution >= 4 is 0 Å². The Morgan fingerprint density at radius 1 is 0.929 bits per heavy atom. The minimum Gasteiger partial charge on any atom is -0.327 e. The standard InChI is InChI=1S/C11H25N3/c1-13(2)7-9-5-6-10(11(9)12)8-14(3)4/h9-11H,5-8,12H2,1-4H3. The Morgan fingerprint density at radius 2 is 1.29 bits per heavy atom. The monoisotopic (exact) mass is 199 g/mol. The van der Waals surface area contributed by atoms with Gasteiger partial charge in [-0.15, -0.1) is 0 Å². The van der Waals surface area contributed by atoms with Crippen LogP contribution in [0, 0.1) is 11.8 Å². The first-order valence-corrected chi connectivity index (χ1v) is 5.55. The van der Waals surface area contributed by atoms with Crippen molar-refractivity contribution in [3.63, 3.8) is 0 Å². The molecule has 0 bridgehead atoms.